The summed E-state index contributed by atoms with van der Waals surface area (Å²) in [5, 5.41) is 10.6. The number of phosphoric acid groups is 2. The Kier molecular flexibility index (Phi) is 58.5. The van der Waals surface area contributed by atoms with Crippen molar-refractivity contribution in [3.8, 4) is 0 Å². The molecule has 6 atom stereocenters. The normalized spacial score (nSPS) is 14.6. The molecular formula is C70H136O17P2. The number of hydrogen-bond donors (Lipinski definition) is 3. The van der Waals surface area contributed by atoms with Crippen molar-refractivity contribution in [2.24, 2.45) is 23.7 Å². The summed E-state index contributed by atoms with van der Waals surface area (Å²) in [4.78, 5) is 72.5. The molecule has 0 spiro atoms. The minimum absolute atomic E-state index is 0.104. The van der Waals surface area contributed by atoms with Gasteiger partial charge in [-0.25, -0.2) is 9.13 Å². The third kappa shape index (κ3) is 63.2. The van der Waals surface area contributed by atoms with Crippen LogP contribution < -0.4 is 0 Å². The van der Waals surface area contributed by atoms with E-state index in [9.17, 15) is 43.2 Å². The van der Waals surface area contributed by atoms with E-state index in [0.29, 0.717) is 31.6 Å². The van der Waals surface area contributed by atoms with Crippen molar-refractivity contribution in [2.45, 2.75) is 363 Å². The molecule has 89 heavy (non-hydrogen) atoms. The van der Waals surface area contributed by atoms with Gasteiger partial charge in [0.25, 0.3) is 0 Å². The molecule has 0 radical (unpaired) electrons. The Morgan fingerprint density at radius 3 is 0.798 bits per heavy atom. The predicted molar refractivity (Wildman–Crippen MR) is 358 cm³/mol. The van der Waals surface area contributed by atoms with Gasteiger partial charge in [0.2, 0.25) is 0 Å². The standard InChI is InChI=1S/C70H136O17P2/c1-9-63(8)49-41-33-24-19-21-27-37-45-53-70(75)87-65(56-80-67(72)50-42-34-25-20-18-23-31-39-47-61(4)5)58-84-88(76,77)82-54-64(71)55-83-89(78,79)85-59-66(57-81-68(73)51-43-35-29-28-32-40-48-62(6)7)86-69(74)52-44-36-26-17-15-13-11-10-12-14-16-22-30-38-46-60(2)3/h60-66,71H,9-59H2,1-8H3,(H,76,77)(H,78,79)/t63?,64-,65-,66-/m1/s1. The molecule has 0 fully saturated rings. The van der Waals surface area contributed by atoms with Crippen molar-refractivity contribution in [3.05, 3.63) is 0 Å². The van der Waals surface area contributed by atoms with Crippen LogP contribution in [0.1, 0.15) is 344 Å². The first-order valence-corrected chi connectivity index (χ1v) is 39.2. The van der Waals surface area contributed by atoms with Crippen LogP contribution in [0.5, 0.6) is 0 Å². The highest BCUT2D eigenvalue weighted by Gasteiger charge is 2.30. The van der Waals surface area contributed by atoms with Crippen molar-refractivity contribution in [2.75, 3.05) is 39.6 Å². The van der Waals surface area contributed by atoms with Crippen LogP contribution in [0, 0.1) is 23.7 Å². The fraction of sp³-hybridized carbons (Fsp3) is 0.943. The van der Waals surface area contributed by atoms with E-state index in [-0.39, 0.29) is 25.7 Å². The molecule has 0 amide bonds. The third-order valence-electron chi connectivity index (χ3n) is 16.4. The zero-order valence-corrected chi connectivity index (χ0v) is 59.8. The number of ether oxygens (including phenoxy) is 4. The molecule has 0 saturated carbocycles. The average molecular weight is 1310 g/mol. The Morgan fingerprint density at radius 1 is 0.315 bits per heavy atom. The van der Waals surface area contributed by atoms with Crippen LogP contribution in [0.25, 0.3) is 0 Å². The van der Waals surface area contributed by atoms with E-state index < -0.39 is 97.5 Å². The molecule has 0 aromatic heterocycles. The van der Waals surface area contributed by atoms with Crippen LogP contribution in [0.4, 0.5) is 0 Å². The molecule has 0 aliphatic heterocycles. The molecule has 0 heterocycles. The van der Waals surface area contributed by atoms with E-state index >= 15 is 0 Å². The molecule has 0 rings (SSSR count). The molecule has 19 heteroatoms. The van der Waals surface area contributed by atoms with Gasteiger partial charge in [0.05, 0.1) is 26.4 Å². The van der Waals surface area contributed by atoms with Gasteiger partial charge in [0, 0.05) is 25.7 Å². The number of carbonyl (C=O) groups excluding carboxylic acids is 4. The molecule has 0 aromatic rings. The van der Waals surface area contributed by atoms with E-state index in [0.717, 1.165) is 114 Å². The fourth-order valence-electron chi connectivity index (χ4n) is 10.5. The minimum atomic E-state index is -4.95. The molecule has 0 saturated heterocycles. The van der Waals surface area contributed by atoms with Gasteiger partial charge in [-0.3, -0.25) is 37.3 Å². The van der Waals surface area contributed by atoms with Crippen molar-refractivity contribution in [1.29, 1.82) is 0 Å². The number of aliphatic hydroxyl groups is 1. The maximum atomic E-state index is 13.0. The zero-order valence-electron chi connectivity index (χ0n) is 58.1. The minimum Gasteiger partial charge on any atom is -0.462 e. The van der Waals surface area contributed by atoms with Crippen molar-refractivity contribution in [1.82, 2.24) is 0 Å². The van der Waals surface area contributed by atoms with Crippen LogP contribution in [0.2, 0.25) is 0 Å². The van der Waals surface area contributed by atoms with Crippen LogP contribution in [0.15, 0.2) is 0 Å². The number of carbonyl (C=O) groups is 4. The number of unbranched alkanes of at least 4 members (excludes halogenated alkanes) is 32. The first kappa shape index (κ1) is 87.1. The summed E-state index contributed by atoms with van der Waals surface area (Å²) >= 11 is 0. The summed E-state index contributed by atoms with van der Waals surface area (Å²) < 4.78 is 68.2. The van der Waals surface area contributed by atoms with E-state index in [1.807, 2.05) is 0 Å². The van der Waals surface area contributed by atoms with Crippen LogP contribution in [-0.4, -0.2) is 96.7 Å². The molecule has 0 aliphatic carbocycles. The van der Waals surface area contributed by atoms with Gasteiger partial charge in [0.15, 0.2) is 12.2 Å². The molecule has 0 aliphatic rings. The number of phosphoric ester groups is 2. The van der Waals surface area contributed by atoms with E-state index in [2.05, 4.69) is 55.4 Å². The summed E-state index contributed by atoms with van der Waals surface area (Å²) in [6.07, 6.45) is 41.8. The van der Waals surface area contributed by atoms with Gasteiger partial charge in [0.1, 0.15) is 19.3 Å². The van der Waals surface area contributed by atoms with Gasteiger partial charge >= 0.3 is 39.5 Å². The number of hydrogen-bond acceptors (Lipinski definition) is 15. The Bertz CT molecular complexity index is 1770. The Labute approximate surface area is 543 Å². The largest absolute Gasteiger partial charge is 0.472 e. The maximum absolute atomic E-state index is 13.0. The maximum Gasteiger partial charge on any atom is 0.472 e. The van der Waals surface area contributed by atoms with Crippen molar-refractivity contribution in [3.63, 3.8) is 0 Å². The van der Waals surface area contributed by atoms with Gasteiger partial charge < -0.3 is 33.8 Å². The number of aliphatic hydroxyl groups excluding tert-OH is 1. The first-order chi connectivity index (χ1) is 42.6. The van der Waals surface area contributed by atoms with Crippen molar-refractivity contribution >= 4 is 39.5 Å². The summed E-state index contributed by atoms with van der Waals surface area (Å²) in [6.45, 7) is 14.0. The molecule has 17 nitrogen and oxygen atoms in total. The average Bonchev–Trinajstić information content (AvgIpc) is 3.64. The second-order valence-electron chi connectivity index (χ2n) is 26.9. The quantitative estimate of drug-likeness (QED) is 0.0222. The lowest BCUT2D eigenvalue weighted by molar-refractivity contribution is -0.161. The summed E-state index contributed by atoms with van der Waals surface area (Å²) in [7, 11) is -9.90. The first-order valence-electron chi connectivity index (χ1n) is 36.2. The van der Waals surface area contributed by atoms with Crippen LogP contribution in [-0.2, 0) is 65.4 Å². The Morgan fingerprint density at radius 2 is 0.539 bits per heavy atom. The van der Waals surface area contributed by atoms with Gasteiger partial charge in [-0.05, 0) is 49.4 Å². The highest BCUT2D eigenvalue weighted by molar-refractivity contribution is 7.47. The second-order valence-corrected chi connectivity index (χ2v) is 29.8. The Balaban J connectivity index is 5.23. The lowest BCUT2D eigenvalue weighted by Crippen LogP contribution is -2.30. The molecule has 3 N–H and O–H groups in total. The fourth-order valence-corrected chi connectivity index (χ4v) is 12.0. The molecule has 3 unspecified atom stereocenters. The lowest BCUT2D eigenvalue weighted by Gasteiger charge is -2.21. The predicted octanol–water partition coefficient (Wildman–Crippen LogP) is 19.7. The van der Waals surface area contributed by atoms with Gasteiger partial charge in [-0.1, -0.05) is 293 Å². The van der Waals surface area contributed by atoms with E-state index in [4.69, 9.17) is 37.0 Å². The zero-order chi connectivity index (χ0) is 66.1. The number of esters is 4. The van der Waals surface area contributed by atoms with Crippen LogP contribution >= 0.6 is 15.6 Å². The van der Waals surface area contributed by atoms with Gasteiger partial charge in [-0.2, -0.15) is 0 Å². The lowest BCUT2D eigenvalue weighted by atomic mass is 9.99. The molecular weight excluding hydrogens is 1170 g/mol. The van der Waals surface area contributed by atoms with E-state index in [1.165, 1.54) is 141 Å². The summed E-state index contributed by atoms with van der Waals surface area (Å²) in [6, 6.07) is 0. The Hall–Kier alpha value is -1.94. The molecule has 0 aromatic carbocycles. The summed E-state index contributed by atoms with van der Waals surface area (Å²) in [5.74, 6) is 0.838. The van der Waals surface area contributed by atoms with Crippen LogP contribution in [0.3, 0.4) is 0 Å². The van der Waals surface area contributed by atoms with Crippen molar-refractivity contribution < 1.29 is 80.2 Å². The second kappa shape index (κ2) is 59.8. The SMILES string of the molecule is CCC(C)CCCCCCCCCCC(=O)O[C@H](COC(=O)CCCCCCCCCCC(C)C)COP(=O)(O)OC[C@@H](O)COP(=O)(O)OC[C@@H](COC(=O)CCCCCCCCC(C)C)OC(=O)CCCCCCCCCCCCCCCCC(C)C. The summed E-state index contributed by atoms with van der Waals surface area (Å²) in [5.41, 5.74) is 0. The highest BCUT2D eigenvalue weighted by Crippen LogP contribution is 2.45. The topological polar surface area (TPSA) is 237 Å². The highest BCUT2D eigenvalue weighted by atomic mass is 31.2. The smallest absolute Gasteiger partial charge is 0.462 e. The molecule has 528 valence electrons. The number of rotatable bonds is 67. The van der Waals surface area contributed by atoms with Gasteiger partial charge in [-0.15, -0.1) is 0 Å². The third-order valence-corrected chi connectivity index (χ3v) is 18.3. The van der Waals surface area contributed by atoms with E-state index in [1.54, 1.807) is 0 Å². The monoisotopic (exact) mass is 1310 g/mol. The molecule has 0 bridgehead atoms.